The van der Waals surface area contributed by atoms with Gasteiger partial charge in [-0.15, -0.1) is 0 Å². The van der Waals surface area contributed by atoms with Gasteiger partial charge in [0.25, 0.3) is 0 Å². The Hall–Kier alpha value is -0.300. The van der Waals surface area contributed by atoms with Gasteiger partial charge in [-0.3, -0.25) is 0 Å². The summed E-state index contributed by atoms with van der Waals surface area (Å²) in [4.78, 5) is 0. The third-order valence-electron chi connectivity index (χ3n) is 3.56. The molecule has 1 heterocycles. The van der Waals surface area contributed by atoms with E-state index < -0.39 is 0 Å². The van der Waals surface area contributed by atoms with E-state index in [-0.39, 0.29) is 0 Å². The second kappa shape index (κ2) is 1.65. The lowest BCUT2D eigenvalue weighted by Crippen LogP contribution is -2.16. The first kappa shape index (κ1) is 5.36. The van der Waals surface area contributed by atoms with Crippen molar-refractivity contribution in [3.63, 3.8) is 0 Å². The van der Waals surface area contributed by atoms with Crippen molar-refractivity contribution >= 4 is 0 Å². The van der Waals surface area contributed by atoms with Gasteiger partial charge in [0.15, 0.2) is 0 Å². The lowest BCUT2D eigenvalue weighted by atomic mass is 9.86. The van der Waals surface area contributed by atoms with Gasteiger partial charge in [0.05, 0.1) is 0 Å². The summed E-state index contributed by atoms with van der Waals surface area (Å²) in [7, 11) is 0. The zero-order valence-electron chi connectivity index (χ0n) is 6.09. The Labute approximate surface area is 61.5 Å². The molecular formula is C9H13N. The average Bonchev–Trinajstić information content (AvgIpc) is 2.60. The largest absolute Gasteiger partial charge is 0.316 e. The summed E-state index contributed by atoms with van der Waals surface area (Å²) in [6, 6.07) is 0. The monoisotopic (exact) mass is 135 g/mol. The first-order valence-electron chi connectivity index (χ1n) is 4.34. The van der Waals surface area contributed by atoms with Gasteiger partial charge >= 0.3 is 0 Å². The van der Waals surface area contributed by atoms with Crippen LogP contribution in [0, 0.1) is 23.7 Å². The van der Waals surface area contributed by atoms with Gasteiger partial charge < -0.3 is 5.32 Å². The first-order chi connectivity index (χ1) is 4.95. The number of hydrogen-bond donors (Lipinski definition) is 1. The third-order valence-corrected chi connectivity index (χ3v) is 3.56. The van der Waals surface area contributed by atoms with E-state index in [0.717, 1.165) is 23.7 Å². The van der Waals surface area contributed by atoms with Gasteiger partial charge in [0.2, 0.25) is 0 Å². The number of rotatable bonds is 0. The minimum absolute atomic E-state index is 0.949. The fraction of sp³-hybridized carbons (Fsp3) is 0.778. The fourth-order valence-electron chi connectivity index (χ4n) is 3.05. The van der Waals surface area contributed by atoms with Crippen LogP contribution >= 0.6 is 0 Å². The molecule has 3 aliphatic rings. The van der Waals surface area contributed by atoms with E-state index in [4.69, 9.17) is 0 Å². The van der Waals surface area contributed by atoms with Crippen molar-refractivity contribution in [2.45, 2.75) is 6.42 Å². The molecule has 1 nitrogen and oxygen atoms in total. The molecule has 0 radical (unpaired) electrons. The Morgan fingerprint density at radius 3 is 2.20 bits per heavy atom. The maximum atomic E-state index is 3.49. The predicted molar refractivity (Wildman–Crippen MR) is 40.6 cm³/mol. The maximum Gasteiger partial charge on any atom is -0.00114 e. The van der Waals surface area contributed by atoms with Gasteiger partial charge in [-0.25, -0.2) is 0 Å². The predicted octanol–water partition coefficient (Wildman–Crippen LogP) is 1.03. The summed E-state index contributed by atoms with van der Waals surface area (Å²) in [5.74, 6) is 3.92. The molecule has 0 aromatic rings. The standard InChI is InChI=1S/C9H13N/c1-2-7-3-6(1)8-4-10-5-9(7)8/h1-2,6-10H,3-5H2/t6?,7?,8-,9+. The van der Waals surface area contributed by atoms with Crippen molar-refractivity contribution in [1.29, 1.82) is 0 Å². The summed E-state index contributed by atoms with van der Waals surface area (Å²) in [6.45, 7) is 2.58. The van der Waals surface area contributed by atoms with Crippen LogP contribution in [0.5, 0.6) is 0 Å². The van der Waals surface area contributed by atoms with E-state index in [9.17, 15) is 0 Å². The molecule has 0 spiro atoms. The smallest absolute Gasteiger partial charge is 0.00114 e. The van der Waals surface area contributed by atoms with E-state index in [1.807, 2.05) is 0 Å². The molecule has 1 heteroatoms. The number of allylic oxidation sites excluding steroid dienone is 2. The Morgan fingerprint density at radius 2 is 1.60 bits per heavy atom. The molecule has 1 saturated heterocycles. The molecule has 1 aliphatic heterocycles. The molecular weight excluding hydrogens is 122 g/mol. The molecule has 2 unspecified atom stereocenters. The molecule has 3 rings (SSSR count). The second-order valence-corrected chi connectivity index (χ2v) is 3.93. The SMILES string of the molecule is C1=CC2CC1[C@H]1CNC[C@@H]21. The van der Waals surface area contributed by atoms with Crippen molar-refractivity contribution in [2.75, 3.05) is 13.1 Å². The molecule has 54 valence electrons. The Kier molecular flexibility index (Phi) is 0.883. The molecule has 2 fully saturated rings. The van der Waals surface area contributed by atoms with Gasteiger partial charge in [0.1, 0.15) is 0 Å². The van der Waals surface area contributed by atoms with Gasteiger partial charge in [0, 0.05) is 0 Å². The summed E-state index contributed by atoms with van der Waals surface area (Å²) in [6.07, 6.45) is 6.36. The van der Waals surface area contributed by atoms with Crippen LogP contribution in [0.25, 0.3) is 0 Å². The topological polar surface area (TPSA) is 12.0 Å². The Bertz CT molecular complexity index is 167. The summed E-state index contributed by atoms with van der Waals surface area (Å²) >= 11 is 0. The minimum atomic E-state index is 0.949. The molecule has 2 bridgehead atoms. The van der Waals surface area contributed by atoms with Crippen molar-refractivity contribution < 1.29 is 0 Å². The van der Waals surface area contributed by atoms with Crippen molar-refractivity contribution in [2.24, 2.45) is 23.7 Å². The number of fused-ring (bicyclic) bond motifs is 5. The molecule has 10 heavy (non-hydrogen) atoms. The van der Waals surface area contributed by atoms with Crippen LogP contribution in [-0.4, -0.2) is 13.1 Å². The highest BCUT2D eigenvalue weighted by Gasteiger charge is 2.46. The Balaban J connectivity index is 1.99. The zero-order valence-corrected chi connectivity index (χ0v) is 6.09. The highest BCUT2D eigenvalue weighted by molar-refractivity contribution is 5.15. The van der Waals surface area contributed by atoms with Gasteiger partial charge in [-0.05, 0) is 43.2 Å². The molecule has 1 N–H and O–H groups in total. The third kappa shape index (κ3) is 0.485. The summed E-state index contributed by atoms with van der Waals surface area (Å²) in [5, 5.41) is 3.49. The van der Waals surface area contributed by atoms with Crippen LogP contribution in [0.3, 0.4) is 0 Å². The van der Waals surface area contributed by atoms with Crippen LogP contribution in [0.4, 0.5) is 0 Å². The molecule has 0 aromatic carbocycles. The van der Waals surface area contributed by atoms with Crippen molar-refractivity contribution in [3.8, 4) is 0 Å². The van der Waals surface area contributed by atoms with Crippen LogP contribution in [0.15, 0.2) is 12.2 Å². The average molecular weight is 135 g/mol. The highest BCUT2D eigenvalue weighted by atomic mass is 14.9. The van der Waals surface area contributed by atoms with E-state index in [1.54, 1.807) is 0 Å². The van der Waals surface area contributed by atoms with E-state index in [0.29, 0.717) is 0 Å². The van der Waals surface area contributed by atoms with Crippen LogP contribution < -0.4 is 5.32 Å². The van der Waals surface area contributed by atoms with E-state index in [1.165, 1.54) is 19.5 Å². The molecule has 1 saturated carbocycles. The number of hydrogen-bond acceptors (Lipinski definition) is 1. The summed E-state index contributed by atoms with van der Waals surface area (Å²) < 4.78 is 0. The molecule has 0 aromatic heterocycles. The van der Waals surface area contributed by atoms with Gasteiger partial charge in [-0.2, -0.15) is 0 Å². The van der Waals surface area contributed by atoms with Crippen LogP contribution in [0.1, 0.15) is 6.42 Å². The molecule has 0 amide bonds. The van der Waals surface area contributed by atoms with Crippen molar-refractivity contribution in [1.82, 2.24) is 5.32 Å². The lowest BCUT2D eigenvalue weighted by molar-refractivity contribution is 0.395. The second-order valence-electron chi connectivity index (χ2n) is 3.93. The van der Waals surface area contributed by atoms with Crippen LogP contribution in [-0.2, 0) is 0 Å². The lowest BCUT2D eigenvalue weighted by Gasteiger charge is -2.17. The Morgan fingerprint density at radius 1 is 1.00 bits per heavy atom. The van der Waals surface area contributed by atoms with Crippen molar-refractivity contribution in [3.05, 3.63) is 12.2 Å². The van der Waals surface area contributed by atoms with E-state index in [2.05, 4.69) is 17.5 Å². The number of nitrogens with one attached hydrogen (secondary N) is 1. The van der Waals surface area contributed by atoms with E-state index >= 15 is 0 Å². The molecule has 4 atom stereocenters. The van der Waals surface area contributed by atoms with Crippen LogP contribution in [0.2, 0.25) is 0 Å². The zero-order chi connectivity index (χ0) is 6.55. The fourth-order valence-corrected chi connectivity index (χ4v) is 3.05. The van der Waals surface area contributed by atoms with Gasteiger partial charge in [-0.1, -0.05) is 12.2 Å². The quantitative estimate of drug-likeness (QED) is 0.489. The molecule has 2 aliphatic carbocycles. The maximum absolute atomic E-state index is 3.49. The highest BCUT2D eigenvalue weighted by Crippen LogP contribution is 2.49. The first-order valence-corrected chi connectivity index (χ1v) is 4.34. The normalized spacial score (nSPS) is 56.0. The summed E-state index contributed by atoms with van der Waals surface area (Å²) in [5.41, 5.74) is 0. The minimum Gasteiger partial charge on any atom is -0.316 e.